The first-order chi connectivity index (χ1) is 7.76. The van der Waals surface area contributed by atoms with E-state index in [9.17, 15) is 0 Å². The summed E-state index contributed by atoms with van der Waals surface area (Å²) in [6, 6.07) is 0. The van der Waals surface area contributed by atoms with Gasteiger partial charge in [-0.3, -0.25) is 0 Å². The molecule has 0 N–H and O–H groups in total. The van der Waals surface area contributed by atoms with Crippen molar-refractivity contribution in [2.45, 2.75) is 38.5 Å². The van der Waals surface area contributed by atoms with Gasteiger partial charge in [-0.15, -0.1) is 6.54 Å². The number of rotatable bonds is 4. The first kappa shape index (κ1) is 22.5. The van der Waals surface area contributed by atoms with E-state index in [1.54, 1.807) is 21.1 Å². The van der Waals surface area contributed by atoms with Crippen LogP contribution in [0.3, 0.4) is 0 Å². The summed E-state index contributed by atoms with van der Waals surface area (Å²) in [5, 5.41) is 7.60. The molecule has 1 rings (SSSR count). The van der Waals surface area contributed by atoms with Gasteiger partial charge in [-0.05, 0) is 5.92 Å². The van der Waals surface area contributed by atoms with Crippen molar-refractivity contribution in [2.75, 3.05) is 34.7 Å². The maximum Gasteiger partial charge on any atom is -0.358 e. The molecule has 0 bridgehead atoms. The van der Waals surface area contributed by atoms with E-state index in [1.165, 1.54) is 38.5 Å². The van der Waals surface area contributed by atoms with E-state index in [1.807, 2.05) is 7.05 Å². The Morgan fingerprint density at radius 2 is 1.59 bits per heavy atom. The van der Waals surface area contributed by atoms with Gasteiger partial charge in [0.2, 0.25) is 0 Å². The van der Waals surface area contributed by atoms with Crippen LogP contribution >= 0.6 is 0 Å². The fourth-order valence-corrected chi connectivity index (χ4v) is 1.84. The van der Waals surface area contributed by atoms with Crippen molar-refractivity contribution in [1.29, 1.82) is 0 Å². The Bertz CT molecular complexity index is 126. The molecular weight excluding hydrogens is 249 g/mol. The molecule has 0 aromatic heterocycles. The fraction of sp³-hybridized carbons (Fsp3) is 0.923. The topological polar surface area (TPSA) is 40.6 Å². The van der Waals surface area contributed by atoms with Crippen LogP contribution in [-0.4, -0.2) is 34.7 Å². The molecule has 1 aliphatic rings. The molecule has 17 heavy (non-hydrogen) atoms. The molecule has 4 heteroatoms. The molecule has 0 spiro atoms. The van der Waals surface area contributed by atoms with Crippen LogP contribution < -0.4 is 0 Å². The third-order valence-electron chi connectivity index (χ3n) is 2.47. The van der Waals surface area contributed by atoms with Crippen LogP contribution in [0, 0.1) is 13.3 Å². The van der Waals surface area contributed by atoms with Crippen LogP contribution in [0.25, 0.3) is 10.6 Å². The van der Waals surface area contributed by atoms with Crippen LogP contribution in [0.1, 0.15) is 38.5 Å². The van der Waals surface area contributed by atoms with Crippen LogP contribution in [-0.2, 0) is 17.2 Å². The average molecular weight is 279 g/mol. The number of nitrogens with zero attached hydrogens (tertiary/aromatic N) is 3. The van der Waals surface area contributed by atoms with Crippen LogP contribution in [0.15, 0.2) is 3.79 Å². The largest absolute Gasteiger partial charge is 0.358 e. The van der Waals surface area contributed by atoms with Gasteiger partial charge in [0, 0.05) is 0 Å². The zero-order valence-corrected chi connectivity index (χ0v) is 13.7. The minimum Gasteiger partial charge on any atom is -0.358 e. The van der Waals surface area contributed by atoms with E-state index in [4.69, 9.17) is 0 Å². The summed E-state index contributed by atoms with van der Waals surface area (Å²) in [7, 11) is 7.13. The van der Waals surface area contributed by atoms with Crippen LogP contribution in [0.2, 0.25) is 0 Å². The fourth-order valence-electron chi connectivity index (χ4n) is 1.84. The van der Waals surface area contributed by atoms with E-state index in [0.717, 1.165) is 12.5 Å². The molecule has 0 heterocycles. The van der Waals surface area contributed by atoms with Crippen LogP contribution in [0.4, 0.5) is 0 Å². The van der Waals surface area contributed by atoms with Crippen LogP contribution in [0.5, 0.6) is 0 Å². The van der Waals surface area contributed by atoms with Gasteiger partial charge in [-0.1, -0.05) is 38.5 Å². The average Bonchev–Trinajstić information content (AvgIpc) is 2.73. The molecule has 0 aliphatic heterocycles. The smallest absolute Gasteiger partial charge is 0.358 e. The summed E-state index contributed by atoms with van der Waals surface area (Å²) in [5.41, 5.74) is 0. The minimum absolute atomic E-state index is 0. The quantitative estimate of drug-likeness (QED) is 0.541. The predicted molar refractivity (Wildman–Crippen MR) is 75.3 cm³/mol. The molecule has 0 radical (unpaired) electrons. The van der Waals surface area contributed by atoms with Gasteiger partial charge in [0.05, 0.1) is 0 Å². The van der Waals surface area contributed by atoms with E-state index in [0.29, 0.717) is 0 Å². The monoisotopic (exact) mass is 279 g/mol. The molecule has 0 aromatic rings. The van der Waals surface area contributed by atoms with Gasteiger partial charge < -0.3 is 18.1 Å². The summed E-state index contributed by atoms with van der Waals surface area (Å²) < 4.78 is 3.44. The first-order valence-electron chi connectivity index (χ1n) is 6.03. The molecule has 0 atom stereocenters. The van der Waals surface area contributed by atoms with Gasteiger partial charge in [0.1, 0.15) is 0 Å². The van der Waals surface area contributed by atoms with Gasteiger partial charge in [0.15, 0.2) is 0 Å². The predicted octanol–water partition coefficient (Wildman–Crippen LogP) is 4.38. The van der Waals surface area contributed by atoms with E-state index in [2.05, 4.69) is 31.7 Å². The Hall–Kier alpha value is 0.304. The summed E-state index contributed by atoms with van der Waals surface area (Å²) >= 11 is 2.09. The van der Waals surface area contributed by atoms with Gasteiger partial charge in [-0.2, -0.15) is 21.1 Å². The summed E-state index contributed by atoms with van der Waals surface area (Å²) in [6.07, 6.45) is 8.69. The zero-order chi connectivity index (χ0) is 12.6. The van der Waals surface area contributed by atoms with E-state index in [-0.39, 0.29) is 7.43 Å². The summed E-state index contributed by atoms with van der Waals surface area (Å²) in [4.78, 5) is 0. The van der Waals surface area contributed by atoms with E-state index < -0.39 is 0 Å². The normalized spacial score (nSPS) is 13.6. The van der Waals surface area contributed by atoms with Gasteiger partial charge in [-0.25, -0.2) is 0 Å². The van der Waals surface area contributed by atoms with Crippen molar-refractivity contribution in [3.05, 3.63) is 18.1 Å². The number of hydrogen-bond donors (Lipinski definition) is 0. The molecule has 1 saturated carbocycles. The van der Waals surface area contributed by atoms with E-state index >= 15 is 0 Å². The van der Waals surface area contributed by atoms with Crippen molar-refractivity contribution in [3.8, 4) is 0 Å². The standard InChI is InChI=1S/C9H18N.C2H6N.CH3N.CH3.V/c1-10-8-4-7-9-5-2-3-6-9;1-3-2;1-2;;/h9H,2-8H2,1H3;1-2H3;1H3;1H3;/q2*-1;;-1;. The first-order valence-corrected chi connectivity index (χ1v) is 6.65. The molecule has 0 aromatic carbocycles. The van der Waals surface area contributed by atoms with Crippen molar-refractivity contribution < 1.29 is 17.2 Å². The van der Waals surface area contributed by atoms with Gasteiger partial charge >= 0.3 is 28.1 Å². The maximum atomic E-state index is 4.10. The second-order valence-corrected chi connectivity index (χ2v) is 4.60. The van der Waals surface area contributed by atoms with Crippen molar-refractivity contribution in [3.63, 3.8) is 0 Å². The Kier molecular flexibility index (Phi) is 28.5. The van der Waals surface area contributed by atoms with Crippen molar-refractivity contribution >= 4 is 0 Å². The summed E-state index contributed by atoms with van der Waals surface area (Å²) in [5.74, 6) is 1.06. The molecule has 0 saturated heterocycles. The Labute approximate surface area is 118 Å². The molecule has 105 valence electrons. The molecule has 0 amide bonds. The maximum absolute atomic E-state index is 4.10. The summed E-state index contributed by atoms with van der Waals surface area (Å²) in [6.45, 7) is 1.08. The Morgan fingerprint density at radius 1 is 1.18 bits per heavy atom. The van der Waals surface area contributed by atoms with Crippen molar-refractivity contribution in [1.82, 2.24) is 0 Å². The number of hydrogen-bond acceptors (Lipinski definition) is 1. The second kappa shape index (κ2) is 21.6. The third kappa shape index (κ3) is 22.0. The molecule has 1 aliphatic carbocycles. The van der Waals surface area contributed by atoms with Gasteiger partial charge in [0.25, 0.3) is 0 Å². The minimum atomic E-state index is 0. The zero-order valence-electron chi connectivity index (χ0n) is 12.3. The second-order valence-electron chi connectivity index (χ2n) is 3.98. The molecule has 0 unspecified atom stereocenters. The Morgan fingerprint density at radius 3 is 1.94 bits per heavy atom. The molecular formula is C13H30N3V-3. The Balaban J connectivity index is -0.000000240. The molecule has 1 fully saturated rings. The molecule has 3 nitrogen and oxygen atoms in total. The third-order valence-corrected chi connectivity index (χ3v) is 2.47. The van der Waals surface area contributed by atoms with Crippen molar-refractivity contribution in [2.24, 2.45) is 9.71 Å². The SMILES string of the molecule is C[N-]C.C[N-]CCCC1CCCC1.C[N]=[V].[CH3-].